The Hall–Kier alpha value is -1.92. The fourth-order valence-electron chi connectivity index (χ4n) is 3.43. The van der Waals surface area contributed by atoms with Crippen LogP contribution in [0.1, 0.15) is 47.5 Å². The van der Waals surface area contributed by atoms with E-state index in [0.717, 1.165) is 26.1 Å². The van der Waals surface area contributed by atoms with Crippen LogP contribution in [-0.2, 0) is 14.3 Å². The van der Waals surface area contributed by atoms with Gasteiger partial charge in [0.1, 0.15) is 0 Å². The number of carboxylic acid groups (broad SMARTS) is 1. The molecule has 0 aromatic heterocycles. The van der Waals surface area contributed by atoms with Gasteiger partial charge in [-0.05, 0) is 42.9 Å². The van der Waals surface area contributed by atoms with Crippen molar-refractivity contribution < 1.29 is 24.2 Å². The minimum Gasteiger partial charge on any atom is -0.481 e. The zero-order valence-corrected chi connectivity index (χ0v) is 13.6. The van der Waals surface area contributed by atoms with Crippen molar-refractivity contribution in [2.45, 2.75) is 37.1 Å². The van der Waals surface area contributed by atoms with Gasteiger partial charge in [-0.25, -0.2) is 0 Å². The molecule has 2 heterocycles. The molecule has 2 fully saturated rings. The average molecular weight is 333 g/mol. The van der Waals surface area contributed by atoms with Crippen LogP contribution < -0.4 is 5.32 Å². The summed E-state index contributed by atoms with van der Waals surface area (Å²) in [5.41, 5.74) is 0.962. The molecule has 6 nitrogen and oxygen atoms in total. The lowest BCUT2D eigenvalue weighted by Crippen LogP contribution is -2.50. The summed E-state index contributed by atoms with van der Waals surface area (Å²) >= 11 is 0. The van der Waals surface area contributed by atoms with E-state index in [2.05, 4.69) is 5.32 Å². The van der Waals surface area contributed by atoms with Gasteiger partial charge in [-0.2, -0.15) is 0 Å². The van der Waals surface area contributed by atoms with Crippen LogP contribution in [-0.4, -0.2) is 48.9 Å². The Morgan fingerprint density at radius 3 is 2.42 bits per heavy atom. The molecule has 6 heteroatoms. The van der Waals surface area contributed by atoms with Gasteiger partial charge in [0.05, 0.1) is 18.6 Å². The first-order chi connectivity index (χ1) is 11.6. The summed E-state index contributed by atoms with van der Waals surface area (Å²) in [7, 11) is 0. The third kappa shape index (κ3) is 3.94. The molecular weight excluding hydrogens is 310 g/mol. The van der Waals surface area contributed by atoms with Crippen molar-refractivity contribution >= 4 is 11.9 Å². The topological polar surface area (TPSA) is 84.9 Å². The van der Waals surface area contributed by atoms with E-state index < -0.39 is 11.5 Å². The Balaban J connectivity index is 1.67. The molecule has 0 radical (unpaired) electrons. The standard InChI is InChI=1S/C18H23NO5/c20-16(21)11-18(7-10-24-12-18)19-17(22)15-3-1-13(2-4-15)14-5-8-23-9-6-14/h1-4,14H,5-12H2,(H,19,22)(H,20,21). The summed E-state index contributed by atoms with van der Waals surface area (Å²) < 4.78 is 10.7. The monoisotopic (exact) mass is 333 g/mol. The summed E-state index contributed by atoms with van der Waals surface area (Å²) in [6.07, 6.45) is 2.40. The molecular formula is C18H23NO5. The Bertz CT molecular complexity index is 586. The number of carboxylic acids is 1. The molecule has 3 rings (SSSR count). The Morgan fingerprint density at radius 2 is 1.83 bits per heavy atom. The van der Waals surface area contributed by atoms with Crippen LogP contribution in [0.2, 0.25) is 0 Å². The number of benzene rings is 1. The van der Waals surface area contributed by atoms with Crippen molar-refractivity contribution in [2.75, 3.05) is 26.4 Å². The highest BCUT2D eigenvalue weighted by Gasteiger charge is 2.38. The first-order valence-electron chi connectivity index (χ1n) is 8.38. The van der Waals surface area contributed by atoms with E-state index in [0.29, 0.717) is 24.5 Å². The molecule has 0 bridgehead atoms. The van der Waals surface area contributed by atoms with Crippen LogP contribution in [0, 0.1) is 0 Å². The molecule has 2 aliphatic rings. The quantitative estimate of drug-likeness (QED) is 0.860. The fraction of sp³-hybridized carbons (Fsp3) is 0.556. The van der Waals surface area contributed by atoms with Crippen LogP contribution in [0.4, 0.5) is 0 Å². The average Bonchev–Trinajstić information content (AvgIpc) is 3.03. The molecule has 1 unspecified atom stereocenters. The molecule has 2 aliphatic heterocycles. The smallest absolute Gasteiger partial charge is 0.305 e. The summed E-state index contributed by atoms with van der Waals surface area (Å²) in [5.74, 6) is -0.701. The highest BCUT2D eigenvalue weighted by Crippen LogP contribution is 2.27. The van der Waals surface area contributed by atoms with Crippen molar-refractivity contribution in [2.24, 2.45) is 0 Å². The normalized spacial score (nSPS) is 24.7. The number of hydrogen-bond donors (Lipinski definition) is 2. The second kappa shape index (κ2) is 7.32. The summed E-state index contributed by atoms with van der Waals surface area (Å²) in [6.45, 7) is 2.27. The number of carbonyl (C=O) groups excluding carboxylic acids is 1. The molecule has 130 valence electrons. The molecule has 0 saturated carbocycles. The van der Waals surface area contributed by atoms with Crippen LogP contribution in [0.3, 0.4) is 0 Å². The van der Waals surface area contributed by atoms with E-state index in [1.807, 2.05) is 24.3 Å². The fourth-order valence-corrected chi connectivity index (χ4v) is 3.43. The van der Waals surface area contributed by atoms with E-state index >= 15 is 0 Å². The predicted molar refractivity (Wildman–Crippen MR) is 87.1 cm³/mol. The minimum absolute atomic E-state index is 0.126. The maximum Gasteiger partial charge on any atom is 0.305 e. The zero-order valence-electron chi connectivity index (χ0n) is 13.6. The van der Waals surface area contributed by atoms with Crippen LogP contribution in [0.5, 0.6) is 0 Å². The first-order valence-corrected chi connectivity index (χ1v) is 8.38. The first kappa shape index (κ1) is 16.9. The van der Waals surface area contributed by atoms with E-state index in [4.69, 9.17) is 14.6 Å². The van der Waals surface area contributed by atoms with E-state index in [1.54, 1.807) is 0 Å². The van der Waals surface area contributed by atoms with Gasteiger partial charge in [-0.3, -0.25) is 9.59 Å². The minimum atomic E-state index is -0.935. The maximum atomic E-state index is 12.5. The second-order valence-corrected chi connectivity index (χ2v) is 6.62. The van der Waals surface area contributed by atoms with E-state index in [1.165, 1.54) is 5.56 Å². The number of nitrogens with one attached hydrogen (secondary N) is 1. The highest BCUT2D eigenvalue weighted by molar-refractivity contribution is 5.95. The number of hydrogen-bond acceptors (Lipinski definition) is 4. The zero-order chi connectivity index (χ0) is 17.0. The molecule has 1 aromatic rings. The molecule has 2 N–H and O–H groups in total. The summed E-state index contributed by atoms with van der Waals surface area (Å²) in [6, 6.07) is 7.59. The maximum absolute atomic E-state index is 12.5. The van der Waals surface area contributed by atoms with Crippen molar-refractivity contribution in [1.82, 2.24) is 5.32 Å². The van der Waals surface area contributed by atoms with Crippen molar-refractivity contribution in [3.05, 3.63) is 35.4 Å². The van der Waals surface area contributed by atoms with Gasteiger partial charge < -0.3 is 19.9 Å². The third-order valence-corrected chi connectivity index (χ3v) is 4.84. The van der Waals surface area contributed by atoms with Gasteiger partial charge in [0, 0.05) is 25.4 Å². The van der Waals surface area contributed by atoms with Crippen molar-refractivity contribution in [1.29, 1.82) is 0 Å². The predicted octanol–water partition coefficient (Wildman–Crippen LogP) is 1.94. The lowest BCUT2D eigenvalue weighted by molar-refractivity contribution is -0.138. The van der Waals surface area contributed by atoms with Crippen LogP contribution in [0.15, 0.2) is 24.3 Å². The number of aliphatic carboxylic acids is 1. The third-order valence-electron chi connectivity index (χ3n) is 4.84. The van der Waals surface area contributed by atoms with Gasteiger partial charge in [0.15, 0.2) is 0 Å². The van der Waals surface area contributed by atoms with Gasteiger partial charge >= 0.3 is 5.97 Å². The second-order valence-electron chi connectivity index (χ2n) is 6.62. The van der Waals surface area contributed by atoms with Crippen molar-refractivity contribution in [3.63, 3.8) is 0 Å². The SMILES string of the molecule is O=C(O)CC1(NC(=O)c2ccc(C3CCOCC3)cc2)CCOC1. The largest absolute Gasteiger partial charge is 0.481 e. The van der Waals surface area contributed by atoms with Gasteiger partial charge in [0.25, 0.3) is 5.91 Å². The Morgan fingerprint density at radius 1 is 1.12 bits per heavy atom. The Labute approximate surface area is 141 Å². The molecule has 1 aromatic carbocycles. The highest BCUT2D eigenvalue weighted by atomic mass is 16.5. The van der Waals surface area contributed by atoms with Gasteiger partial charge in [0.2, 0.25) is 0 Å². The molecule has 0 spiro atoms. The number of ether oxygens (including phenoxy) is 2. The van der Waals surface area contributed by atoms with Gasteiger partial charge in [-0.1, -0.05) is 12.1 Å². The van der Waals surface area contributed by atoms with E-state index in [-0.39, 0.29) is 18.9 Å². The summed E-state index contributed by atoms with van der Waals surface area (Å²) in [5, 5.41) is 12.0. The lowest BCUT2D eigenvalue weighted by Gasteiger charge is -2.27. The molecule has 2 saturated heterocycles. The van der Waals surface area contributed by atoms with Crippen LogP contribution >= 0.6 is 0 Å². The Kier molecular flexibility index (Phi) is 5.16. The van der Waals surface area contributed by atoms with E-state index in [9.17, 15) is 9.59 Å². The summed E-state index contributed by atoms with van der Waals surface area (Å²) in [4.78, 5) is 23.6. The molecule has 0 aliphatic carbocycles. The van der Waals surface area contributed by atoms with Crippen LogP contribution in [0.25, 0.3) is 0 Å². The van der Waals surface area contributed by atoms with Gasteiger partial charge in [-0.15, -0.1) is 0 Å². The number of amides is 1. The lowest BCUT2D eigenvalue weighted by atomic mass is 9.90. The number of carbonyl (C=O) groups is 2. The molecule has 1 atom stereocenters. The molecule has 24 heavy (non-hydrogen) atoms. The molecule has 1 amide bonds. The van der Waals surface area contributed by atoms with Crippen molar-refractivity contribution in [3.8, 4) is 0 Å². The number of rotatable bonds is 5.